The van der Waals surface area contributed by atoms with Crippen LogP contribution in [-0.2, 0) is 0 Å². The molecular formula is C14H13N5O. The largest absolute Gasteiger partial charge is 0.307 e. The van der Waals surface area contributed by atoms with Crippen molar-refractivity contribution >= 4 is 17.4 Å². The summed E-state index contributed by atoms with van der Waals surface area (Å²) in [4.78, 5) is 16.4. The second kappa shape index (κ2) is 4.73. The van der Waals surface area contributed by atoms with E-state index in [0.29, 0.717) is 17.0 Å². The summed E-state index contributed by atoms with van der Waals surface area (Å²) in [6.07, 6.45) is 1.78. The van der Waals surface area contributed by atoms with Gasteiger partial charge in [0.05, 0.1) is 0 Å². The van der Waals surface area contributed by atoms with Crippen LogP contribution in [0.4, 0.5) is 5.82 Å². The van der Waals surface area contributed by atoms with E-state index in [2.05, 4.69) is 20.5 Å². The zero-order chi connectivity index (χ0) is 14.1. The zero-order valence-corrected chi connectivity index (χ0v) is 11.2. The minimum absolute atomic E-state index is 0.216. The lowest BCUT2D eigenvalue weighted by atomic mass is 10.2. The summed E-state index contributed by atoms with van der Waals surface area (Å²) < 4.78 is 1.82. The number of hydrogen-bond donors (Lipinski definition) is 1. The minimum atomic E-state index is -0.216. The lowest BCUT2D eigenvalue weighted by molar-refractivity contribution is 0.102. The summed E-state index contributed by atoms with van der Waals surface area (Å²) in [5, 5.41) is 10.7. The third-order valence-corrected chi connectivity index (χ3v) is 2.97. The Morgan fingerprint density at radius 3 is 2.85 bits per heavy atom. The molecule has 3 heterocycles. The first-order valence-electron chi connectivity index (χ1n) is 6.20. The SMILES string of the molecule is Cc1cccc(NC(=O)c2ccn3c(C)nnc3c2)n1. The van der Waals surface area contributed by atoms with Gasteiger partial charge >= 0.3 is 0 Å². The maximum absolute atomic E-state index is 12.2. The van der Waals surface area contributed by atoms with E-state index in [0.717, 1.165) is 11.5 Å². The molecule has 0 aliphatic carbocycles. The molecule has 100 valence electrons. The Kier molecular flexibility index (Phi) is 2.90. The first kappa shape index (κ1) is 12.3. The smallest absolute Gasteiger partial charge is 0.257 e. The van der Waals surface area contributed by atoms with Gasteiger partial charge in [0.15, 0.2) is 5.65 Å². The highest BCUT2D eigenvalue weighted by Gasteiger charge is 2.09. The zero-order valence-electron chi connectivity index (χ0n) is 11.2. The Morgan fingerprint density at radius 1 is 1.20 bits per heavy atom. The number of carbonyl (C=O) groups excluding carboxylic acids is 1. The van der Waals surface area contributed by atoms with Crippen molar-refractivity contribution in [2.75, 3.05) is 5.32 Å². The molecule has 3 rings (SSSR count). The summed E-state index contributed by atoms with van der Waals surface area (Å²) in [6, 6.07) is 8.91. The highest BCUT2D eigenvalue weighted by molar-refractivity contribution is 6.04. The number of carbonyl (C=O) groups is 1. The van der Waals surface area contributed by atoms with Gasteiger partial charge in [-0.1, -0.05) is 6.07 Å². The van der Waals surface area contributed by atoms with Crippen molar-refractivity contribution in [3.8, 4) is 0 Å². The fourth-order valence-corrected chi connectivity index (χ4v) is 1.95. The van der Waals surface area contributed by atoms with Gasteiger partial charge in [-0.2, -0.15) is 0 Å². The summed E-state index contributed by atoms with van der Waals surface area (Å²) in [5.41, 5.74) is 2.02. The number of pyridine rings is 2. The second-order valence-corrected chi connectivity index (χ2v) is 4.51. The fourth-order valence-electron chi connectivity index (χ4n) is 1.95. The van der Waals surface area contributed by atoms with Gasteiger partial charge in [-0.15, -0.1) is 10.2 Å². The number of nitrogens with zero attached hydrogens (tertiary/aromatic N) is 4. The summed E-state index contributed by atoms with van der Waals surface area (Å²) >= 11 is 0. The Morgan fingerprint density at radius 2 is 2.05 bits per heavy atom. The van der Waals surface area contributed by atoms with E-state index in [1.54, 1.807) is 24.4 Å². The molecule has 0 aromatic carbocycles. The lowest BCUT2D eigenvalue weighted by Gasteiger charge is -2.05. The highest BCUT2D eigenvalue weighted by Crippen LogP contribution is 2.10. The maximum atomic E-state index is 12.2. The molecule has 0 aliphatic heterocycles. The lowest BCUT2D eigenvalue weighted by Crippen LogP contribution is -2.13. The van der Waals surface area contributed by atoms with Crippen molar-refractivity contribution in [2.45, 2.75) is 13.8 Å². The van der Waals surface area contributed by atoms with Crippen LogP contribution < -0.4 is 5.32 Å². The number of rotatable bonds is 2. The van der Waals surface area contributed by atoms with Crippen molar-refractivity contribution in [3.63, 3.8) is 0 Å². The number of nitrogens with one attached hydrogen (secondary N) is 1. The number of aryl methyl sites for hydroxylation is 2. The van der Waals surface area contributed by atoms with Crippen LogP contribution in [-0.4, -0.2) is 25.5 Å². The molecule has 0 atom stereocenters. The molecule has 0 bridgehead atoms. The number of fused-ring (bicyclic) bond motifs is 1. The molecule has 0 aliphatic rings. The van der Waals surface area contributed by atoms with Crippen LogP contribution in [0, 0.1) is 13.8 Å². The Balaban J connectivity index is 1.88. The van der Waals surface area contributed by atoms with Gasteiger partial charge in [0.1, 0.15) is 11.6 Å². The van der Waals surface area contributed by atoms with Crippen molar-refractivity contribution in [3.05, 3.63) is 53.6 Å². The van der Waals surface area contributed by atoms with Gasteiger partial charge in [-0.05, 0) is 38.1 Å². The predicted molar refractivity (Wildman–Crippen MR) is 74.7 cm³/mol. The molecule has 0 unspecified atom stereocenters. The van der Waals surface area contributed by atoms with Crippen LogP contribution >= 0.6 is 0 Å². The molecule has 6 nitrogen and oxygen atoms in total. The quantitative estimate of drug-likeness (QED) is 0.770. The second-order valence-electron chi connectivity index (χ2n) is 4.51. The van der Waals surface area contributed by atoms with Gasteiger partial charge in [-0.25, -0.2) is 4.98 Å². The maximum Gasteiger partial charge on any atom is 0.257 e. The fraction of sp³-hybridized carbons (Fsp3) is 0.143. The first-order valence-corrected chi connectivity index (χ1v) is 6.20. The average Bonchev–Trinajstić information content (AvgIpc) is 2.80. The molecule has 0 saturated carbocycles. The first-order chi connectivity index (χ1) is 9.63. The van der Waals surface area contributed by atoms with Gasteiger partial charge in [0.2, 0.25) is 0 Å². The van der Waals surface area contributed by atoms with E-state index >= 15 is 0 Å². The molecule has 3 aromatic rings. The number of anilines is 1. The molecule has 0 radical (unpaired) electrons. The van der Waals surface area contributed by atoms with Crippen LogP contribution in [0.15, 0.2) is 36.5 Å². The topological polar surface area (TPSA) is 72.2 Å². The Labute approximate surface area is 115 Å². The minimum Gasteiger partial charge on any atom is -0.307 e. The van der Waals surface area contributed by atoms with E-state index in [9.17, 15) is 4.79 Å². The summed E-state index contributed by atoms with van der Waals surface area (Å²) in [5.74, 6) is 1.10. The van der Waals surface area contributed by atoms with E-state index in [1.165, 1.54) is 0 Å². The van der Waals surface area contributed by atoms with E-state index < -0.39 is 0 Å². The molecule has 6 heteroatoms. The van der Waals surface area contributed by atoms with Crippen molar-refractivity contribution in [1.29, 1.82) is 0 Å². The van der Waals surface area contributed by atoms with E-state index in [1.807, 2.05) is 30.4 Å². The van der Waals surface area contributed by atoms with Crippen molar-refractivity contribution in [2.24, 2.45) is 0 Å². The predicted octanol–water partition coefficient (Wildman–Crippen LogP) is 1.99. The number of amides is 1. The molecule has 20 heavy (non-hydrogen) atoms. The van der Waals surface area contributed by atoms with Gasteiger partial charge in [-0.3, -0.25) is 9.20 Å². The van der Waals surface area contributed by atoms with Crippen molar-refractivity contribution in [1.82, 2.24) is 19.6 Å². The third-order valence-electron chi connectivity index (χ3n) is 2.97. The Hall–Kier alpha value is -2.76. The van der Waals surface area contributed by atoms with Crippen LogP contribution in [0.1, 0.15) is 21.9 Å². The standard InChI is InChI=1S/C14H13N5O/c1-9-4-3-5-12(15-9)16-14(20)11-6-7-19-10(2)17-18-13(19)8-11/h3-8H,1-2H3,(H,15,16,20). The van der Waals surface area contributed by atoms with E-state index in [-0.39, 0.29) is 5.91 Å². The Bertz CT molecular complexity index is 793. The molecule has 0 spiro atoms. The van der Waals surface area contributed by atoms with Gasteiger partial charge in [0.25, 0.3) is 5.91 Å². The molecule has 0 fully saturated rings. The van der Waals surface area contributed by atoms with Crippen LogP contribution in [0.2, 0.25) is 0 Å². The molecule has 1 N–H and O–H groups in total. The third kappa shape index (κ3) is 2.23. The number of aromatic nitrogens is 4. The normalized spacial score (nSPS) is 10.7. The van der Waals surface area contributed by atoms with Crippen LogP contribution in [0.5, 0.6) is 0 Å². The highest BCUT2D eigenvalue weighted by atomic mass is 16.1. The summed E-state index contributed by atoms with van der Waals surface area (Å²) in [7, 11) is 0. The number of hydrogen-bond acceptors (Lipinski definition) is 4. The molecular weight excluding hydrogens is 254 g/mol. The van der Waals surface area contributed by atoms with Crippen LogP contribution in [0.25, 0.3) is 5.65 Å². The average molecular weight is 267 g/mol. The van der Waals surface area contributed by atoms with E-state index in [4.69, 9.17) is 0 Å². The monoisotopic (exact) mass is 267 g/mol. The van der Waals surface area contributed by atoms with Gasteiger partial charge < -0.3 is 5.32 Å². The van der Waals surface area contributed by atoms with Crippen LogP contribution in [0.3, 0.4) is 0 Å². The van der Waals surface area contributed by atoms with Crippen molar-refractivity contribution < 1.29 is 4.79 Å². The molecule has 3 aromatic heterocycles. The summed E-state index contributed by atoms with van der Waals surface area (Å²) in [6.45, 7) is 3.73. The molecule has 0 saturated heterocycles. The molecule has 1 amide bonds. The van der Waals surface area contributed by atoms with Gasteiger partial charge in [0, 0.05) is 17.5 Å².